The fraction of sp³-hybridized carbons (Fsp3) is 0.900. The smallest absolute Gasteiger partial charge is 0.0786 e. The molecule has 0 aliphatic rings. The summed E-state index contributed by atoms with van der Waals surface area (Å²) < 4.78 is 1.27. The third-order valence-electron chi connectivity index (χ3n) is 2.89. The van der Waals surface area contributed by atoms with E-state index in [9.17, 15) is 0 Å². The van der Waals surface area contributed by atoms with Gasteiger partial charge in [0.15, 0.2) is 0 Å². The second kappa shape index (κ2) is 5.59. The lowest BCUT2D eigenvalue weighted by Crippen LogP contribution is -2.48. The summed E-state index contributed by atoms with van der Waals surface area (Å²) in [6.45, 7) is 15.9. The first-order chi connectivity index (χ1) is 5.24. The second-order valence-corrected chi connectivity index (χ2v) is 3.22. The maximum Gasteiger partial charge on any atom is 0.0786 e. The van der Waals surface area contributed by atoms with Crippen molar-refractivity contribution in [2.75, 3.05) is 26.2 Å². The minimum atomic E-state index is 1.08. The van der Waals surface area contributed by atoms with Crippen molar-refractivity contribution in [2.24, 2.45) is 0 Å². The highest BCUT2D eigenvalue weighted by atomic mass is 15.3. The summed E-state index contributed by atoms with van der Waals surface area (Å²) in [4.78, 5) is 0. The third-order valence-corrected chi connectivity index (χ3v) is 2.89. The van der Waals surface area contributed by atoms with Gasteiger partial charge >= 0.3 is 0 Å². The average Bonchev–Trinajstić information content (AvgIpc) is 2.08. The van der Waals surface area contributed by atoms with Crippen molar-refractivity contribution in [3.05, 3.63) is 6.92 Å². The molecule has 0 rings (SSSR count). The van der Waals surface area contributed by atoms with Crippen molar-refractivity contribution >= 4 is 0 Å². The van der Waals surface area contributed by atoms with Gasteiger partial charge in [0, 0.05) is 0 Å². The fourth-order valence-electron chi connectivity index (χ4n) is 1.59. The number of rotatable bonds is 6. The van der Waals surface area contributed by atoms with E-state index in [2.05, 4.69) is 27.7 Å². The summed E-state index contributed by atoms with van der Waals surface area (Å²) in [5.41, 5.74) is 0. The molecule has 0 fully saturated rings. The van der Waals surface area contributed by atoms with Crippen LogP contribution in [0.1, 0.15) is 33.6 Å². The Labute approximate surface area is 72.0 Å². The van der Waals surface area contributed by atoms with E-state index < -0.39 is 0 Å². The lowest BCUT2D eigenvalue weighted by molar-refractivity contribution is -0.923. The molecule has 0 saturated heterocycles. The fourth-order valence-corrected chi connectivity index (χ4v) is 1.59. The van der Waals surface area contributed by atoms with Crippen LogP contribution in [-0.2, 0) is 0 Å². The molecule has 0 aliphatic heterocycles. The summed E-state index contributed by atoms with van der Waals surface area (Å²) in [6, 6.07) is 0. The van der Waals surface area contributed by atoms with Crippen LogP contribution < -0.4 is 0 Å². The van der Waals surface area contributed by atoms with Gasteiger partial charge in [0.05, 0.1) is 26.2 Å². The predicted octanol–water partition coefficient (Wildman–Crippen LogP) is 2.48. The molecule has 0 aromatic heterocycles. The van der Waals surface area contributed by atoms with E-state index in [1.807, 2.05) is 0 Å². The molecular weight excluding hydrogens is 134 g/mol. The van der Waals surface area contributed by atoms with E-state index in [4.69, 9.17) is 0 Å². The molecule has 0 heterocycles. The zero-order valence-corrected chi connectivity index (χ0v) is 8.40. The van der Waals surface area contributed by atoms with E-state index >= 15 is 0 Å². The van der Waals surface area contributed by atoms with Crippen molar-refractivity contribution in [1.29, 1.82) is 0 Å². The van der Waals surface area contributed by atoms with Crippen molar-refractivity contribution in [2.45, 2.75) is 33.6 Å². The van der Waals surface area contributed by atoms with E-state index in [-0.39, 0.29) is 0 Å². The van der Waals surface area contributed by atoms with Gasteiger partial charge in [-0.05, 0) is 33.6 Å². The van der Waals surface area contributed by atoms with Gasteiger partial charge in [0.1, 0.15) is 0 Å². The summed E-state index contributed by atoms with van der Waals surface area (Å²) in [5.74, 6) is 0. The van der Waals surface area contributed by atoms with Crippen LogP contribution in [0.4, 0.5) is 0 Å². The Hall–Kier alpha value is -0.0400. The molecule has 1 heteroatoms. The first kappa shape index (κ1) is 11.0. The molecule has 0 spiro atoms. The predicted molar refractivity (Wildman–Crippen MR) is 51.3 cm³/mol. The molecule has 0 bridgehead atoms. The molecular formula is C10H23N+. The van der Waals surface area contributed by atoms with Crippen molar-refractivity contribution < 1.29 is 4.48 Å². The van der Waals surface area contributed by atoms with Crippen molar-refractivity contribution in [3.8, 4) is 0 Å². The van der Waals surface area contributed by atoms with E-state index in [1.54, 1.807) is 0 Å². The Morgan fingerprint density at radius 1 is 1.00 bits per heavy atom. The first-order valence-corrected chi connectivity index (χ1v) is 4.89. The van der Waals surface area contributed by atoms with Gasteiger partial charge in [0.2, 0.25) is 0 Å². The molecule has 67 valence electrons. The van der Waals surface area contributed by atoms with Crippen LogP contribution in [0.15, 0.2) is 0 Å². The summed E-state index contributed by atoms with van der Waals surface area (Å²) >= 11 is 0. The van der Waals surface area contributed by atoms with Crippen LogP contribution in [0, 0.1) is 6.92 Å². The topological polar surface area (TPSA) is 0 Å². The average molecular weight is 157 g/mol. The van der Waals surface area contributed by atoms with Crippen molar-refractivity contribution in [3.63, 3.8) is 0 Å². The van der Waals surface area contributed by atoms with Crippen LogP contribution in [0.2, 0.25) is 0 Å². The maximum absolute atomic E-state index is 3.88. The molecule has 0 atom stereocenters. The highest BCUT2D eigenvalue weighted by Gasteiger charge is 2.18. The Morgan fingerprint density at radius 2 is 1.45 bits per heavy atom. The van der Waals surface area contributed by atoms with Crippen LogP contribution in [0.25, 0.3) is 0 Å². The Bertz CT molecular complexity index is 76.6. The van der Waals surface area contributed by atoms with Gasteiger partial charge in [-0.25, -0.2) is 0 Å². The van der Waals surface area contributed by atoms with E-state index in [1.165, 1.54) is 37.1 Å². The first-order valence-electron chi connectivity index (χ1n) is 4.89. The van der Waals surface area contributed by atoms with Gasteiger partial charge in [0.25, 0.3) is 0 Å². The summed E-state index contributed by atoms with van der Waals surface area (Å²) in [6.07, 6.45) is 2.36. The number of unbranched alkanes of at least 4 members (excludes halogenated alkanes) is 1. The lowest BCUT2D eigenvalue weighted by Gasteiger charge is -2.35. The second-order valence-electron chi connectivity index (χ2n) is 3.22. The largest absolute Gasteiger partial charge is 0.324 e. The van der Waals surface area contributed by atoms with Gasteiger partial charge < -0.3 is 4.48 Å². The lowest BCUT2D eigenvalue weighted by atomic mass is 10.2. The number of quaternary nitrogens is 1. The van der Waals surface area contributed by atoms with E-state index in [0.717, 1.165) is 6.42 Å². The van der Waals surface area contributed by atoms with Crippen LogP contribution in [0.5, 0.6) is 0 Å². The normalized spacial score (nSPS) is 12.0. The molecule has 0 aromatic rings. The minimum Gasteiger partial charge on any atom is -0.324 e. The molecule has 0 amide bonds. The minimum absolute atomic E-state index is 1.08. The molecule has 0 saturated carbocycles. The number of hydrogen-bond donors (Lipinski definition) is 0. The van der Waals surface area contributed by atoms with Crippen LogP contribution in [-0.4, -0.2) is 30.7 Å². The highest BCUT2D eigenvalue weighted by Crippen LogP contribution is 2.07. The van der Waals surface area contributed by atoms with Gasteiger partial charge in [-0.15, -0.1) is 0 Å². The summed E-state index contributed by atoms with van der Waals surface area (Å²) in [7, 11) is 0. The standard InChI is InChI=1S/C10H23N/c1-5-9-10-11(6-2,7-3)8-4/h1,5-10H2,2-4H3/q+1. The molecule has 11 heavy (non-hydrogen) atoms. The maximum atomic E-state index is 3.88. The van der Waals surface area contributed by atoms with E-state index in [0.29, 0.717) is 0 Å². The van der Waals surface area contributed by atoms with Crippen LogP contribution >= 0.6 is 0 Å². The molecule has 0 aliphatic carbocycles. The Kier molecular flexibility index (Phi) is 5.57. The molecule has 0 N–H and O–H groups in total. The Balaban J connectivity index is 3.84. The summed E-state index contributed by atoms with van der Waals surface area (Å²) in [5, 5.41) is 0. The van der Waals surface area contributed by atoms with Gasteiger partial charge in [-0.3, -0.25) is 0 Å². The molecule has 1 nitrogen and oxygen atoms in total. The highest BCUT2D eigenvalue weighted by molar-refractivity contribution is 4.43. The van der Waals surface area contributed by atoms with Crippen LogP contribution in [0.3, 0.4) is 0 Å². The SMILES string of the molecule is [CH2]CCC[N+](CC)(CC)CC. The van der Waals surface area contributed by atoms with Crippen molar-refractivity contribution in [1.82, 2.24) is 0 Å². The quantitative estimate of drug-likeness (QED) is 0.520. The van der Waals surface area contributed by atoms with Gasteiger partial charge in [-0.2, -0.15) is 0 Å². The monoisotopic (exact) mass is 157 g/mol. The number of hydrogen-bond acceptors (Lipinski definition) is 0. The zero-order valence-electron chi connectivity index (χ0n) is 8.40. The molecule has 0 unspecified atom stereocenters. The third kappa shape index (κ3) is 3.24. The zero-order chi connectivity index (χ0) is 8.74. The molecule has 1 radical (unpaired) electrons. The number of nitrogens with zero attached hydrogens (tertiary/aromatic N) is 1. The molecule has 0 aromatic carbocycles. The Morgan fingerprint density at radius 3 is 1.73 bits per heavy atom. The van der Waals surface area contributed by atoms with Gasteiger partial charge in [-0.1, -0.05) is 6.92 Å².